The molecule has 8 heteroatoms. The molecule has 1 amide bonds. The number of amides is 1. The van der Waals surface area contributed by atoms with Crippen molar-refractivity contribution in [2.24, 2.45) is 0 Å². The third-order valence-corrected chi connectivity index (χ3v) is 4.71. The fraction of sp³-hybridized carbons (Fsp3) is 0.0435. The Morgan fingerprint density at radius 1 is 0.903 bits per heavy atom. The van der Waals surface area contributed by atoms with Gasteiger partial charge in [-0.25, -0.2) is 4.79 Å². The van der Waals surface area contributed by atoms with Crippen molar-refractivity contribution in [2.75, 3.05) is 11.9 Å². The molecule has 4 rings (SSSR count). The van der Waals surface area contributed by atoms with Crippen LogP contribution in [0.4, 0.5) is 5.69 Å². The Hall–Kier alpha value is -3.97. The molecule has 0 radical (unpaired) electrons. The lowest BCUT2D eigenvalue weighted by Gasteiger charge is -2.11. The van der Waals surface area contributed by atoms with Crippen LogP contribution in [0.25, 0.3) is 16.5 Å². The molecular formula is C23H16ClN3O4. The van der Waals surface area contributed by atoms with Gasteiger partial charge in [0.05, 0.1) is 11.1 Å². The highest BCUT2D eigenvalue weighted by atomic mass is 35.5. The van der Waals surface area contributed by atoms with Crippen LogP contribution in [0.3, 0.4) is 0 Å². The molecule has 1 aromatic heterocycles. The summed E-state index contributed by atoms with van der Waals surface area (Å²) in [6.45, 7) is -0.512. The number of esters is 1. The zero-order valence-corrected chi connectivity index (χ0v) is 16.9. The summed E-state index contributed by atoms with van der Waals surface area (Å²) in [7, 11) is 0. The lowest BCUT2D eigenvalue weighted by Crippen LogP contribution is -2.26. The van der Waals surface area contributed by atoms with E-state index in [0.29, 0.717) is 27.2 Å². The van der Waals surface area contributed by atoms with E-state index in [9.17, 15) is 14.4 Å². The summed E-state index contributed by atoms with van der Waals surface area (Å²) in [6.07, 6.45) is 0. The molecule has 4 aromatic rings. The number of nitrogens with zero attached hydrogens (tertiary/aromatic N) is 2. The van der Waals surface area contributed by atoms with Crippen molar-refractivity contribution >= 4 is 39.9 Å². The molecule has 0 saturated heterocycles. The van der Waals surface area contributed by atoms with Crippen LogP contribution in [0.15, 0.2) is 83.7 Å². The van der Waals surface area contributed by atoms with E-state index in [0.717, 1.165) is 4.68 Å². The average molecular weight is 434 g/mol. The highest BCUT2D eigenvalue weighted by molar-refractivity contribution is 6.30. The summed E-state index contributed by atoms with van der Waals surface area (Å²) in [5.41, 5.74) is 0.608. The van der Waals surface area contributed by atoms with Crippen LogP contribution in [0.1, 0.15) is 10.5 Å². The van der Waals surface area contributed by atoms with E-state index in [-0.39, 0.29) is 11.3 Å². The topological polar surface area (TPSA) is 90.3 Å². The maximum atomic E-state index is 12.9. The Morgan fingerprint density at radius 2 is 1.55 bits per heavy atom. The van der Waals surface area contributed by atoms with E-state index in [4.69, 9.17) is 16.3 Å². The molecule has 3 aromatic carbocycles. The fourth-order valence-electron chi connectivity index (χ4n) is 3.01. The van der Waals surface area contributed by atoms with Gasteiger partial charge in [-0.3, -0.25) is 9.59 Å². The number of benzene rings is 3. The summed E-state index contributed by atoms with van der Waals surface area (Å²) >= 11 is 5.82. The minimum Gasteiger partial charge on any atom is -0.451 e. The predicted octanol–water partition coefficient (Wildman–Crippen LogP) is 3.83. The number of carbonyl (C=O) groups excluding carboxylic acids is 2. The normalized spacial score (nSPS) is 10.6. The quantitative estimate of drug-likeness (QED) is 0.483. The lowest BCUT2D eigenvalue weighted by molar-refractivity contribution is -0.119. The first-order valence-electron chi connectivity index (χ1n) is 9.33. The molecule has 0 aliphatic rings. The number of halogens is 1. The van der Waals surface area contributed by atoms with Crippen LogP contribution in [0.5, 0.6) is 0 Å². The third-order valence-electron chi connectivity index (χ3n) is 4.46. The van der Waals surface area contributed by atoms with E-state index in [2.05, 4.69) is 10.4 Å². The molecule has 0 fully saturated rings. The molecule has 0 unspecified atom stereocenters. The molecule has 31 heavy (non-hydrogen) atoms. The van der Waals surface area contributed by atoms with Crippen molar-refractivity contribution in [1.82, 2.24) is 9.78 Å². The van der Waals surface area contributed by atoms with Gasteiger partial charge in [-0.2, -0.15) is 9.78 Å². The van der Waals surface area contributed by atoms with Crippen molar-refractivity contribution in [3.05, 3.63) is 99.9 Å². The molecule has 0 spiro atoms. The van der Waals surface area contributed by atoms with Crippen molar-refractivity contribution in [1.29, 1.82) is 0 Å². The number of hydrogen-bond acceptors (Lipinski definition) is 5. The van der Waals surface area contributed by atoms with Crippen LogP contribution in [0.2, 0.25) is 5.02 Å². The standard InChI is InChI=1S/C23H16ClN3O4/c24-15-10-12-16(13-11-15)25-20(28)14-31-23(30)21-18-8-4-5-9-19(18)22(29)27(26-21)17-6-2-1-3-7-17/h1-13H,14H2,(H,25,28). The highest BCUT2D eigenvalue weighted by Gasteiger charge is 2.19. The van der Waals surface area contributed by atoms with E-state index in [1.807, 2.05) is 6.07 Å². The summed E-state index contributed by atoms with van der Waals surface area (Å²) in [4.78, 5) is 37.8. The van der Waals surface area contributed by atoms with Gasteiger partial charge in [0, 0.05) is 16.1 Å². The van der Waals surface area contributed by atoms with Crippen molar-refractivity contribution in [2.45, 2.75) is 0 Å². The molecular weight excluding hydrogens is 418 g/mol. The minimum absolute atomic E-state index is 0.0571. The van der Waals surface area contributed by atoms with E-state index >= 15 is 0 Å². The maximum absolute atomic E-state index is 12.9. The van der Waals surface area contributed by atoms with E-state index in [1.54, 1.807) is 72.8 Å². The molecule has 0 saturated carbocycles. The molecule has 0 aliphatic heterocycles. The van der Waals surface area contributed by atoms with Gasteiger partial charge in [0.2, 0.25) is 0 Å². The highest BCUT2D eigenvalue weighted by Crippen LogP contribution is 2.17. The van der Waals surface area contributed by atoms with Gasteiger partial charge in [-0.1, -0.05) is 48.0 Å². The summed E-state index contributed by atoms with van der Waals surface area (Å²) in [5.74, 6) is -1.33. The van der Waals surface area contributed by atoms with Crippen molar-refractivity contribution in [3.8, 4) is 5.69 Å². The SMILES string of the molecule is O=C(COC(=O)c1nn(-c2ccccc2)c(=O)c2ccccc12)Nc1ccc(Cl)cc1. The van der Waals surface area contributed by atoms with Crippen molar-refractivity contribution in [3.63, 3.8) is 0 Å². The number of aromatic nitrogens is 2. The summed E-state index contributed by atoms with van der Waals surface area (Å²) in [6, 6.07) is 21.9. The average Bonchev–Trinajstić information content (AvgIpc) is 2.80. The fourth-order valence-corrected chi connectivity index (χ4v) is 3.14. The molecule has 0 aliphatic carbocycles. The number of ether oxygens (including phenoxy) is 1. The van der Waals surface area contributed by atoms with Gasteiger partial charge in [-0.15, -0.1) is 0 Å². The lowest BCUT2D eigenvalue weighted by atomic mass is 10.1. The van der Waals surface area contributed by atoms with Crippen LogP contribution in [0, 0.1) is 0 Å². The van der Waals surface area contributed by atoms with Crippen LogP contribution in [-0.2, 0) is 9.53 Å². The van der Waals surface area contributed by atoms with Gasteiger partial charge < -0.3 is 10.1 Å². The second-order valence-electron chi connectivity index (χ2n) is 6.58. The largest absolute Gasteiger partial charge is 0.451 e. The Morgan fingerprint density at radius 3 is 2.26 bits per heavy atom. The molecule has 1 heterocycles. The smallest absolute Gasteiger partial charge is 0.359 e. The molecule has 0 atom stereocenters. The molecule has 0 bridgehead atoms. The molecule has 1 N–H and O–H groups in total. The Labute approximate surface area is 181 Å². The van der Waals surface area contributed by atoms with Gasteiger partial charge in [-0.05, 0) is 42.5 Å². The Balaban J connectivity index is 1.60. The zero-order valence-electron chi connectivity index (χ0n) is 16.1. The first kappa shape index (κ1) is 20.3. The minimum atomic E-state index is -0.813. The first-order valence-corrected chi connectivity index (χ1v) is 9.71. The Kier molecular flexibility index (Phi) is 5.77. The van der Waals surface area contributed by atoms with Crippen molar-refractivity contribution < 1.29 is 14.3 Å². The Bertz CT molecular complexity index is 1320. The van der Waals surface area contributed by atoms with Gasteiger partial charge in [0.1, 0.15) is 0 Å². The summed E-state index contributed by atoms with van der Waals surface area (Å²) in [5, 5.41) is 8.04. The number of anilines is 1. The number of nitrogens with one attached hydrogen (secondary N) is 1. The van der Waals surface area contributed by atoms with Crippen LogP contribution >= 0.6 is 11.6 Å². The molecule has 7 nitrogen and oxygen atoms in total. The van der Waals surface area contributed by atoms with Gasteiger partial charge >= 0.3 is 5.97 Å². The van der Waals surface area contributed by atoms with Crippen LogP contribution < -0.4 is 10.9 Å². The summed E-state index contributed by atoms with van der Waals surface area (Å²) < 4.78 is 6.32. The van der Waals surface area contributed by atoms with E-state index in [1.165, 1.54) is 0 Å². The first-order chi connectivity index (χ1) is 15.0. The van der Waals surface area contributed by atoms with Gasteiger partial charge in [0.25, 0.3) is 11.5 Å². The van der Waals surface area contributed by atoms with Crippen LogP contribution in [-0.4, -0.2) is 28.3 Å². The predicted molar refractivity (Wildman–Crippen MR) is 118 cm³/mol. The number of fused-ring (bicyclic) bond motifs is 1. The number of carbonyl (C=O) groups is 2. The number of rotatable bonds is 5. The third kappa shape index (κ3) is 4.46. The second-order valence-corrected chi connectivity index (χ2v) is 7.01. The number of para-hydroxylation sites is 1. The number of hydrogen-bond donors (Lipinski definition) is 1. The maximum Gasteiger partial charge on any atom is 0.359 e. The zero-order chi connectivity index (χ0) is 21.8. The van der Waals surface area contributed by atoms with E-state index < -0.39 is 18.5 Å². The monoisotopic (exact) mass is 433 g/mol. The molecule has 154 valence electrons. The van der Waals surface area contributed by atoms with Gasteiger partial charge in [0.15, 0.2) is 12.3 Å². The second kappa shape index (κ2) is 8.81.